The van der Waals surface area contributed by atoms with Gasteiger partial charge in [0, 0.05) is 51.2 Å². The SMILES string of the molecule is CN(c1ccc2c(c1)nc(C(C)(C)C)n2CC1CCOCC1)S(=O)(=O)N1CC(NC(=O)C2CCC2)C1. The molecule has 3 fully saturated rings. The first-order chi connectivity index (χ1) is 17.0. The lowest BCUT2D eigenvalue weighted by Gasteiger charge is -2.41. The Labute approximate surface area is 214 Å². The second-order valence-corrected chi connectivity index (χ2v) is 13.6. The highest BCUT2D eigenvalue weighted by Gasteiger charge is 2.40. The molecule has 1 aromatic heterocycles. The molecule has 0 spiro atoms. The Balaban J connectivity index is 1.33. The third-order valence-corrected chi connectivity index (χ3v) is 9.74. The van der Waals surface area contributed by atoms with Gasteiger partial charge in [-0.15, -0.1) is 0 Å². The van der Waals surface area contributed by atoms with Crippen LogP contribution in [0.25, 0.3) is 11.0 Å². The molecule has 2 aliphatic heterocycles. The zero-order chi connectivity index (χ0) is 25.7. The van der Waals surface area contributed by atoms with Crippen LogP contribution in [0.15, 0.2) is 18.2 Å². The highest BCUT2D eigenvalue weighted by Crippen LogP contribution is 2.32. The van der Waals surface area contributed by atoms with Crippen molar-refractivity contribution in [2.75, 3.05) is 37.7 Å². The van der Waals surface area contributed by atoms with Gasteiger partial charge >= 0.3 is 10.2 Å². The van der Waals surface area contributed by atoms with Crippen molar-refractivity contribution in [3.8, 4) is 0 Å². The normalized spacial score (nSPS) is 20.8. The summed E-state index contributed by atoms with van der Waals surface area (Å²) in [6, 6.07) is 5.62. The zero-order valence-electron chi connectivity index (χ0n) is 21.9. The predicted octanol–water partition coefficient (Wildman–Crippen LogP) is 3.04. The molecular weight excluding hydrogens is 478 g/mol. The van der Waals surface area contributed by atoms with Crippen molar-refractivity contribution < 1.29 is 17.9 Å². The minimum atomic E-state index is -3.69. The first-order valence-corrected chi connectivity index (χ1v) is 14.6. The molecule has 0 bridgehead atoms. The maximum atomic E-state index is 13.3. The van der Waals surface area contributed by atoms with Crippen LogP contribution in [0.2, 0.25) is 0 Å². The number of carbonyl (C=O) groups excluding carboxylic acids is 1. The standard InChI is InChI=1S/C26H39N5O4S/c1-26(2,3)25-28-22-14-21(8-9-23(22)31(25)15-18-10-12-35-13-11-18)29(4)36(33,34)30-16-20(17-30)27-24(32)19-6-5-7-19/h8-9,14,18-20H,5-7,10-13,15-17H2,1-4H3,(H,27,32). The fourth-order valence-corrected chi connectivity index (χ4v) is 6.74. The number of hydrogen-bond acceptors (Lipinski definition) is 5. The van der Waals surface area contributed by atoms with Crippen LogP contribution in [0.5, 0.6) is 0 Å². The van der Waals surface area contributed by atoms with E-state index in [1.54, 1.807) is 7.05 Å². The summed E-state index contributed by atoms with van der Waals surface area (Å²) in [6.07, 6.45) is 5.06. The van der Waals surface area contributed by atoms with Crippen LogP contribution >= 0.6 is 0 Å². The minimum absolute atomic E-state index is 0.0631. The van der Waals surface area contributed by atoms with Crippen molar-refractivity contribution in [2.24, 2.45) is 11.8 Å². The molecule has 198 valence electrons. The number of anilines is 1. The Morgan fingerprint density at radius 2 is 1.86 bits per heavy atom. The van der Waals surface area contributed by atoms with E-state index < -0.39 is 10.2 Å². The molecule has 1 saturated carbocycles. The predicted molar refractivity (Wildman–Crippen MR) is 140 cm³/mol. The fourth-order valence-electron chi connectivity index (χ4n) is 5.27. The van der Waals surface area contributed by atoms with Crippen LogP contribution in [-0.2, 0) is 31.7 Å². The van der Waals surface area contributed by atoms with Gasteiger partial charge < -0.3 is 14.6 Å². The lowest BCUT2D eigenvalue weighted by atomic mass is 9.84. The van der Waals surface area contributed by atoms with E-state index in [4.69, 9.17) is 9.72 Å². The summed E-state index contributed by atoms with van der Waals surface area (Å²) in [6.45, 7) is 9.60. The van der Waals surface area contributed by atoms with Crippen molar-refractivity contribution in [3.05, 3.63) is 24.0 Å². The van der Waals surface area contributed by atoms with E-state index in [2.05, 4.69) is 30.7 Å². The largest absolute Gasteiger partial charge is 0.381 e. The van der Waals surface area contributed by atoms with Crippen LogP contribution in [-0.4, -0.2) is 67.6 Å². The molecule has 2 aromatic rings. The van der Waals surface area contributed by atoms with Crippen LogP contribution in [0.3, 0.4) is 0 Å². The Morgan fingerprint density at radius 1 is 1.17 bits per heavy atom. The quantitative estimate of drug-likeness (QED) is 0.609. The zero-order valence-corrected chi connectivity index (χ0v) is 22.7. The van der Waals surface area contributed by atoms with Crippen LogP contribution < -0.4 is 9.62 Å². The summed E-state index contributed by atoms with van der Waals surface area (Å²) in [5.74, 6) is 1.73. The molecule has 1 aromatic carbocycles. The molecule has 0 radical (unpaired) electrons. The van der Waals surface area contributed by atoms with E-state index in [-0.39, 0.29) is 23.3 Å². The fraction of sp³-hybridized carbons (Fsp3) is 0.692. The number of nitrogens with zero attached hydrogens (tertiary/aromatic N) is 4. The van der Waals surface area contributed by atoms with E-state index in [0.717, 1.165) is 68.7 Å². The number of fused-ring (bicyclic) bond motifs is 1. The summed E-state index contributed by atoms with van der Waals surface area (Å²) < 4.78 is 37.2. The van der Waals surface area contributed by atoms with E-state index in [1.165, 1.54) is 8.61 Å². The van der Waals surface area contributed by atoms with Crippen molar-refractivity contribution >= 4 is 32.8 Å². The maximum absolute atomic E-state index is 13.3. The van der Waals surface area contributed by atoms with Crippen LogP contribution in [0.4, 0.5) is 5.69 Å². The van der Waals surface area contributed by atoms with Crippen LogP contribution in [0.1, 0.15) is 58.7 Å². The average molecular weight is 518 g/mol. The van der Waals surface area contributed by atoms with E-state index in [9.17, 15) is 13.2 Å². The van der Waals surface area contributed by atoms with Gasteiger partial charge in [-0.05, 0) is 49.8 Å². The number of aromatic nitrogens is 2. The first-order valence-electron chi connectivity index (χ1n) is 13.2. The number of nitrogens with one attached hydrogen (secondary N) is 1. The molecule has 0 unspecified atom stereocenters. The molecule has 36 heavy (non-hydrogen) atoms. The van der Waals surface area contributed by atoms with Gasteiger partial charge in [0.2, 0.25) is 5.91 Å². The monoisotopic (exact) mass is 517 g/mol. The molecule has 0 atom stereocenters. The number of hydrogen-bond donors (Lipinski definition) is 1. The highest BCUT2D eigenvalue weighted by molar-refractivity contribution is 7.90. The molecule has 1 aliphatic carbocycles. The third-order valence-electron chi connectivity index (χ3n) is 7.89. The van der Waals surface area contributed by atoms with Crippen molar-refractivity contribution in [2.45, 2.75) is 70.9 Å². The summed E-state index contributed by atoms with van der Waals surface area (Å²) >= 11 is 0. The molecule has 10 heteroatoms. The van der Waals surface area contributed by atoms with E-state index in [0.29, 0.717) is 24.7 Å². The molecule has 5 rings (SSSR count). The van der Waals surface area contributed by atoms with Gasteiger partial charge in [-0.3, -0.25) is 9.10 Å². The molecule has 1 amide bonds. The molecule has 3 heterocycles. The number of rotatable bonds is 7. The topological polar surface area (TPSA) is 96.8 Å². The summed E-state index contributed by atoms with van der Waals surface area (Å²) in [5, 5.41) is 3.00. The summed E-state index contributed by atoms with van der Waals surface area (Å²) in [5.41, 5.74) is 2.28. The second-order valence-electron chi connectivity index (χ2n) is 11.7. The van der Waals surface area contributed by atoms with Crippen molar-refractivity contribution in [1.82, 2.24) is 19.2 Å². The van der Waals surface area contributed by atoms with Gasteiger partial charge in [-0.25, -0.2) is 4.98 Å². The minimum Gasteiger partial charge on any atom is -0.381 e. The molecule has 2 saturated heterocycles. The van der Waals surface area contributed by atoms with Crippen LogP contribution in [0, 0.1) is 11.8 Å². The lowest BCUT2D eigenvalue weighted by Crippen LogP contribution is -2.63. The second kappa shape index (κ2) is 9.61. The number of carbonyl (C=O) groups is 1. The molecular formula is C26H39N5O4S. The number of amides is 1. The number of benzene rings is 1. The van der Waals surface area contributed by atoms with E-state index >= 15 is 0 Å². The van der Waals surface area contributed by atoms with Gasteiger partial charge in [0.05, 0.1) is 22.8 Å². The Kier molecular flexibility index (Phi) is 6.80. The Morgan fingerprint density at radius 3 is 2.47 bits per heavy atom. The number of ether oxygens (including phenoxy) is 1. The van der Waals surface area contributed by atoms with Gasteiger partial charge in [0.25, 0.3) is 0 Å². The van der Waals surface area contributed by atoms with Gasteiger partial charge in [-0.1, -0.05) is 27.2 Å². The molecule has 1 N–H and O–H groups in total. The molecule has 9 nitrogen and oxygen atoms in total. The number of imidazole rings is 1. The summed E-state index contributed by atoms with van der Waals surface area (Å²) in [7, 11) is -2.11. The average Bonchev–Trinajstić information content (AvgIpc) is 3.13. The smallest absolute Gasteiger partial charge is 0.303 e. The highest BCUT2D eigenvalue weighted by atomic mass is 32.2. The van der Waals surface area contributed by atoms with Crippen molar-refractivity contribution in [1.29, 1.82) is 0 Å². The van der Waals surface area contributed by atoms with Gasteiger partial charge in [-0.2, -0.15) is 12.7 Å². The Bertz CT molecular complexity index is 1220. The maximum Gasteiger partial charge on any atom is 0.303 e. The van der Waals surface area contributed by atoms with Crippen molar-refractivity contribution in [3.63, 3.8) is 0 Å². The molecule has 3 aliphatic rings. The van der Waals surface area contributed by atoms with Gasteiger partial charge in [0.1, 0.15) is 5.82 Å². The third kappa shape index (κ3) is 4.87. The van der Waals surface area contributed by atoms with E-state index in [1.807, 2.05) is 18.2 Å². The first kappa shape index (κ1) is 25.5. The summed E-state index contributed by atoms with van der Waals surface area (Å²) in [4.78, 5) is 17.2. The Hall–Kier alpha value is -2.17. The van der Waals surface area contributed by atoms with Gasteiger partial charge in [0.15, 0.2) is 0 Å². The lowest BCUT2D eigenvalue weighted by molar-refractivity contribution is -0.128.